The van der Waals surface area contributed by atoms with Gasteiger partial charge < -0.3 is 23.9 Å². The van der Waals surface area contributed by atoms with Gasteiger partial charge in [0.05, 0.1) is 26.8 Å². The summed E-state index contributed by atoms with van der Waals surface area (Å²) >= 11 is 0. The molecule has 21 heavy (non-hydrogen) atoms. The Morgan fingerprint density at radius 3 is 2.48 bits per heavy atom. The predicted octanol–water partition coefficient (Wildman–Crippen LogP) is 2.53. The number of aromatic nitrogens is 1. The normalized spacial score (nSPS) is 10.6. The lowest BCUT2D eigenvalue weighted by Gasteiger charge is -2.14. The van der Waals surface area contributed by atoms with Gasteiger partial charge in [0.25, 0.3) is 0 Å². The Balaban J connectivity index is 2.44. The van der Waals surface area contributed by atoms with Crippen LogP contribution in [-0.2, 0) is 11.3 Å². The van der Waals surface area contributed by atoms with E-state index < -0.39 is 5.97 Å². The number of carbonyl (C=O) groups is 1. The Kier molecular flexibility index (Phi) is 4.57. The fourth-order valence-corrected chi connectivity index (χ4v) is 2.40. The van der Waals surface area contributed by atoms with Gasteiger partial charge in [0, 0.05) is 30.6 Å². The first kappa shape index (κ1) is 15.0. The SMILES string of the molecule is COc1cc2c(ccn2CCCC(=O)O)c(OC)c1OC. The lowest BCUT2D eigenvalue weighted by Crippen LogP contribution is -2.01. The topological polar surface area (TPSA) is 69.9 Å². The summed E-state index contributed by atoms with van der Waals surface area (Å²) in [5.41, 5.74) is 0.926. The van der Waals surface area contributed by atoms with Crippen molar-refractivity contribution in [3.63, 3.8) is 0 Å². The zero-order chi connectivity index (χ0) is 15.4. The molecular weight excluding hydrogens is 274 g/mol. The molecule has 0 amide bonds. The molecule has 0 aliphatic carbocycles. The van der Waals surface area contributed by atoms with Crippen molar-refractivity contribution in [2.45, 2.75) is 19.4 Å². The minimum absolute atomic E-state index is 0.143. The summed E-state index contributed by atoms with van der Waals surface area (Å²) in [6.45, 7) is 0.619. The first-order chi connectivity index (χ1) is 10.1. The Morgan fingerprint density at radius 2 is 1.90 bits per heavy atom. The number of methoxy groups -OCH3 is 3. The van der Waals surface area contributed by atoms with Crippen LogP contribution in [0.3, 0.4) is 0 Å². The summed E-state index contributed by atoms with van der Waals surface area (Å²) in [5, 5.41) is 9.63. The highest BCUT2D eigenvalue weighted by Gasteiger charge is 2.18. The number of nitrogens with zero attached hydrogens (tertiary/aromatic N) is 1. The third-order valence-corrected chi connectivity index (χ3v) is 3.37. The van der Waals surface area contributed by atoms with Crippen LogP contribution >= 0.6 is 0 Å². The fraction of sp³-hybridized carbons (Fsp3) is 0.400. The summed E-state index contributed by atoms with van der Waals surface area (Å²) in [5.74, 6) is 0.961. The van der Waals surface area contributed by atoms with E-state index in [4.69, 9.17) is 19.3 Å². The lowest BCUT2D eigenvalue weighted by molar-refractivity contribution is -0.137. The van der Waals surface area contributed by atoms with Crippen LogP contribution in [-0.4, -0.2) is 37.0 Å². The fourth-order valence-electron chi connectivity index (χ4n) is 2.40. The van der Waals surface area contributed by atoms with Gasteiger partial charge in [0.1, 0.15) is 0 Å². The number of rotatable bonds is 7. The Bertz CT molecular complexity index is 647. The number of aryl methyl sites for hydroxylation is 1. The first-order valence-corrected chi connectivity index (χ1v) is 6.62. The van der Waals surface area contributed by atoms with Crippen LogP contribution in [0.2, 0.25) is 0 Å². The van der Waals surface area contributed by atoms with Gasteiger partial charge in [-0.15, -0.1) is 0 Å². The van der Waals surface area contributed by atoms with Crippen molar-refractivity contribution >= 4 is 16.9 Å². The number of carboxylic acid groups (broad SMARTS) is 1. The molecule has 0 aliphatic rings. The van der Waals surface area contributed by atoms with Crippen LogP contribution in [0.1, 0.15) is 12.8 Å². The van der Waals surface area contributed by atoms with E-state index in [-0.39, 0.29) is 6.42 Å². The molecule has 1 aromatic carbocycles. The quantitative estimate of drug-likeness (QED) is 0.849. The number of hydrogen-bond acceptors (Lipinski definition) is 4. The second-order valence-electron chi connectivity index (χ2n) is 4.58. The van der Waals surface area contributed by atoms with Gasteiger partial charge in [0.15, 0.2) is 11.5 Å². The van der Waals surface area contributed by atoms with Crippen molar-refractivity contribution in [2.24, 2.45) is 0 Å². The van der Waals surface area contributed by atoms with Gasteiger partial charge in [-0.25, -0.2) is 0 Å². The minimum atomic E-state index is -0.789. The van der Waals surface area contributed by atoms with Crippen LogP contribution in [0.4, 0.5) is 0 Å². The summed E-state index contributed by atoms with van der Waals surface area (Å²) in [6.07, 6.45) is 2.62. The number of hydrogen-bond donors (Lipinski definition) is 1. The largest absolute Gasteiger partial charge is 0.493 e. The molecule has 0 saturated heterocycles. The Morgan fingerprint density at radius 1 is 1.19 bits per heavy atom. The molecule has 2 rings (SSSR count). The van der Waals surface area contributed by atoms with E-state index in [0.717, 1.165) is 10.9 Å². The van der Waals surface area contributed by atoms with Gasteiger partial charge >= 0.3 is 5.97 Å². The van der Waals surface area contributed by atoms with E-state index >= 15 is 0 Å². The maximum atomic E-state index is 10.6. The third-order valence-electron chi connectivity index (χ3n) is 3.37. The van der Waals surface area contributed by atoms with Gasteiger partial charge in [-0.1, -0.05) is 0 Å². The molecule has 0 atom stereocenters. The third kappa shape index (κ3) is 2.89. The van der Waals surface area contributed by atoms with Crippen LogP contribution in [0.5, 0.6) is 17.2 Å². The van der Waals surface area contributed by atoms with E-state index in [1.807, 2.05) is 22.9 Å². The summed E-state index contributed by atoms with van der Waals surface area (Å²) in [4.78, 5) is 10.6. The second-order valence-corrected chi connectivity index (χ2v) is 4.58. The van der Waals surface area contributed by atoms with Crippen LogP contribution < -0.4 is 14.2 Å². The minimum Gasteiger partial charge on any atom is -0.493 e. The molecule has 114 valence electrons. The highest BCUT2D eigenvalue weighted by Crippen LogP contribution is 2.43. The Hall–Kier alpha value is -2.37. The summed E-state index contributed by atoms with van der Waals surface area (Å²) < 4.78 is 18.1. The van der Waals surface area contributed by atoms with Crippen molar-refractivity contribution in [3.05, 3.63) is 18.3 Å². The number of benzene rings is 1. The highest BCUT2D eigenvalue weighted by atomic mass is 16.5. The number of fused-ring (bicyclic) bond motifs is 1. The average molecular weight is 293 g/mol. The summed E-state index contributed by atoms with van der Waals surface area (Å²) in [7, 11) is 4.72. The van der Waals surface area contributed by atoms with Crippen molar-refractivity contribution in [3.8, 4) is 17.2 Å². The van der Waals surface area contributed by atoms with E-state index in [9.17, 15) is 4.79 Å². The maximum absolute atomic E-state index is 10.6. The highest BCUT2D eigenvalue weighted by molar-refractivity contribution is 5.91. The first-order valence-electron chi connectivity index (χ1n) is 6.62. The van der Waals surface area contributed by atoms with E-state index in [0.29, 0.717) is 30.2 Å². The van der Waals surface area contributed by atoms with Gasteiger partial charge in [0.2, 0.25) is 5.75 Å². The molecule has 0 bridgehead atoms. The number of ether oxygens (including phenoxy) is 3. The molecule has 6 nitrogen and oxygen atoms in total. The number of aliphatic carboxylic acids is 1. The van der Waals surface area contributed by atoms with Gasteiger partial charge in [-0.3, -0.25) is 4.79 Å². The standard InChI is InChI=1S/C15H19NO5/c1-19-12-9-11-10(14(20-2)15(12)21-3)6-8-16(11)7-4-5-13(17)18/h6,8-9H,4-5,7H2,1-3H3,(H,17,18). The molecule has 1 aromatic heterocycles. The number of carboxylic acids is 1. The lowest BCUT2D eigenvalue weighted by atomic mass is 10.2. The monoisotopic (exact) mass is 293 g/mol. The van der Waals surface area contributed by atoms with Crippen molar-refractivity contribution < 1.29 is 24.1 Å². The molecule has 1 heterocycles. The Labute approximate surface area is 122 Å². The zero-order valence-corrected chi connectivity index (χ0v) is 12.4. The molecule has 0 fully saturated rings. The smallest absolute Gasteiger partial charge is 0.303 e. The molecule has 0 aliphatic heterocycles. The molecule has 2 aromatic rings. The predicted molar refractivity (Wildman–Crippen MR) is 78.5 cm³/mol. The van der Waals surface area contributed by atoms with Gasteiger partial charge in [-0.05, 0) is 12.5 Å². The van der Waals surface area contributed by atoms with Crippen LogP contribution in [0.15, 0.2) is 18.3 Å². The van der Waals surface area contributed by atoms with Crippen LogP contribution in [0, 0.1) is 0 Å². The van der Waals surface area contributed by atoms with Crippen molar-refractivity contribution in [1.82, 2.24) is 4.57 Å². The van der Waals surface area contributed by atoms with Gasteiger partial charge in [-0.2, -0.15) is 0 Å². The molecule has 1 N–H and O–H groups in total. The molecule has 0 radical (unpaired) electrons. The maximum Gasteiger partial charge on any atom is 0.303 e. The van der Waals surface area contributed by atoms with E-state index in [1.54, 1.807) is 21.3 Å². The van der Waals surface area contributed by atoms with Crippen LogP contribution in [0.25, 0.3) is 10.9 Å². The second kappa shape index (κ2) is 6.39. The van der Waals surface area contributed by atoms with Crippen molar-refractivity contribution in [1.29, 1.82) is 0 Å². The molecule has 0 unspecified atom stereocenters. The van der Waals surface area contributed by atoms with E-state index in [1.165, 1.54) is 0 Å². The van der Waals surface area contributed by atoms with E-state index in [2.05, 4.69) is 0 Å². The zero-order valence-electron chi connectivity index (χ0n) is 12.4. The summed E-state index contributed by atoms with van der Waals surface area (Å²) in [6, 6.07) is 3.80. The molecule has 0 spiro atoms. The average Bonchev–Trinajstić information content (AvgIpc) is 2.87. The molecule has 0 saturated carbocycles. The van der Waals surface area contributed by atoms with Crippen molar-refractivity contribution in [2.75, 3.05) is 21.3 Å². The molecule has 6 heteroatoms. The molecular formula is C15H19NO5.